The molecule has 1 heterocycles. The summed E-state index contributed by atoms with van der Waals surface area (Å²) in [5, 5.41) is 13.2. The van der Waals surface area contributed by atoms with Crippen LogP contribution in [0.5, 0.6) is 0 Å². The van der Waals surface area contributed by atoms with E-state index in [4.69, 9.17) is 10.5 Å². The number of likely N-dealkylation sites (tertiary alicyclic amines) is 1. The Morgan fingerprint density at radius 3 is 2.36 bits per heavy atom. The molecule has 1 saturated heterocycles. The number of nitrogen functional groups attached to an aromatic ring is 1. The minimum atomic E-state index is -0.457. The Kier molecular flexibility index (Phi) is 6.38. The van der Waals surface area contributed by atoms with Crippen molar-refractivity contribution in [1.82, 2.24) is 4.90 Å². The van der Waals surface area contributed by atoms with Gasteiger partial charge in [-0.1, -0.05) is 6.07 Å². The first kappa shape index (κ1) is 20.8. The van der Waals surface area contributed by atoms with Gasteiger partial charge in [-0.05, 0) is 82.9 Å². The number of amides is 1. The van der Waals surface area contributed by atoms with Gasteiger partial charge in [-0.15, -0.1) is 0 Å². The average molecular weight is 390 g/mol. The fourth-order valence-corrected chi connectivity index (χ4v) is 4.13. The van der Waals surface area contributed by atoms with Crippen molar-refractivity contribution < 1.29 is 14.6 Å². The molecule has 0 spiro atoms. The Bertz CT molecular complexity index is 670. The van der Waals surface area contributed by atoms with E-state index in [-0.39, 0.29) is 12.2 Å². The van der Waals surface area contributed by atoms with Crippen LogP contribution in [0.1, 0.15) is 70.8 Å². The topological polar surface area (TPSA) is 87.8 Å². The van der Waals surface area contributed by atoms with E-state index in [1.54, 1.807) is 4.90 Å². The predicted octanol–water partition coefficient (Wildman–Crippen LogP) is 4.10. The number of carbonyl (C=O) groups excluding carboxylic acids is 1. The number of nitrogens with zero attached hydrogens (tertiary/aromatic N) is 1. The number of piperidine rings is 1. The van der Waals surface area contributed by atoms with Crippen LogP contribution in [0, 0.1) is 0 Å². The lowest BCUT2D eigenvalue weighted by molar-refractivity contribution is 0.0205. The first-order valence-corrected chi connectivity index (χ1v) is 10.5. The van der Waals surface area contributed by atoms with Crippen molar-refractivity contribution >= 4 is 17.5 Å². The monoisotopic (exact) mass is 389 g/mol. The molecule has 28 heavy (non-hydrogen) atoms. The highest BCUT2D eigenvalue weighted by molar-refractivity contribution is 5.69. The van der Waals surface area contributed by atoms with Gasteiger partial charge in [0.2, 0.25) is 0 Å². The SMILES string of the molecule is CC(C)(C)OC(=O)N1CCC(c2ccc(N[C@H]3CC[C@@H](O)CC3)c(N)c2)CC1. The maximum absolute atomic E-state index is 12.2. The van der Waals surface area contributed by atoms with Crippen LogP contribution in [0.3, 0.4) is 0 Å². The lowest BCUT2D eigenvalue weighted by atomic mass is 9.89. The summed E-state index contributed by atoms with van der Waals surface area (Å²) in [4.78, 5) is 14.0. The van der Waals surface area contributed by atoms with Gasteiger partial charge in [0.15, 0.2) is 0 Å². The molecule has 4 N–H and O–H groups in total. The fourth-order valence-electron chi connectivity index (χ4n) is 4.13. The maximum Gasteiger partial charge on any atom is 0.410 e. The van der Waals surface area contributed by atoms with Crippen LogP contribution in [0.4, 0.5) is 16.2 Å². The number of benzene rings is 1. The van der Waals surface area contributed by atoms with Crippen LogP contribution >= 0.6 is 0 Å². The number of carbonyl (C=O) groups is 1. The molecule has 1 aliphatic heterocycles. The van der Waals surface area contributed by atoms with Crippen molar-refractivity contribution in [1.29, 1.82) is 0 Å². The second-order valence-corrected chi connectivity index (χ2v) is 9.24. The van der Waals surface area contributed by atoms with Gasteiger partial charge < -0.3 is 25.8 Å². The molecule has 6 heteroatoms. The Morgan fingerprint density at radius 2 is 1.79 bits per heavy atom. The Balaban J connectivity index is 1.54. The first-order valence-electron chi connectivity index (χ1n) is 10.5. The number of nitrogens with one attached hydrogen (secondary N) is 1. The molecular formula is C22H35N3O3. The largest absolute Gasteiger partial charge is 0.444 e. The number of anilines is 2. The van der Waals surface area contributed by atoms with E-state index in [0.717, 1.165) is 49.9 Å². The Labute approximate surface area is 168 Å². The molecule has 0 aromatic heterocycles. The van der Waals surface area contributed by atoms with Gasteiger partial charge in [0.25, 0.3) is 0 Å². The Hall–Kier alpha value is -1.95. The van der Waals surface area contributed by atoms with Gasteiger partial charge in [0.05, 0.1) is 17.5 Å². The minimum Gasteiger partial charge on any atom is -0.444 e. The number of ether oxygens (including phenoxy) is 1. The zero-order chi connectivity index (χ0) is 20.3. The number of aliphatic hydroxyl groups excluding tert-OH is 1. The van der Waals surface area contributed by atoms with Crippen LogP contribution in [0.2, 0.25) is 0 Å². The third kappa shape index (κ3) is 5.53. The maximum atomic E-state index is 12.2. The van der Waals surface area contributed by atoms with E-state index in [9.17, 15) is 9.90 Å². The smallest absolute Gasteiger partial charge is 0.410 e. The van der Waals surface area contributed by atoms with Crippen LogP contribution in [-0.2, 0) is 4.74 Å². The summed E-state index contributed by atoms with van der Waals surface area (Å²) in [6.07, 6.45) is 5.14. The van der Waals surface area contributed by atoms with Gasteiger partial charge >= 0.3 is 6.09 Å². The van der Waals surface area contributed by atoms with E-state index >= 15 is 0 Å². The third-order valence-electron chi connectivity index (χ3n) is 5.75. The summed E-state index contributed by atoms with van der Waals surface area (Å²) >= 11 is 0. The molecule has 1 aromatic carbocycles. The van der Waals surface area contributed by atoms with E-state index in [1.807, 2.05) is 20.8 Å². The highest BCUT2D eigenvalue weighted by Crippen LogP contribution is 2.33. The van der Waals surface area contributed by atoms with Crippen LogP contribution < -0.4 is 11.1 Å². The van der Waals surface area contributed by atoms with Crippen molar-refractivity contribution in [2.75, 3.05) is 24.1 Å². The van der Waals surface area contributed by atoms with Crippen molar-refractivity contribution in [2.24, 2.45) is 0 Å². The fraction of sp³-hybridized carbons (Fsp3) is 0.682. The average Bonchev–Trinajstić information content (AvgIpc) is 2.64. The number of hydrogen-bond donors (Lipinski definition) is 3. The van der Waals surface area contributed by atoms with Gasteiger partial charge in [0.1, 0.15) is 5.60 Å². The second kappa shape index (κ2) is 8.60. The van der Waals surface area contributed by atoms with E-state index in [2.05, 4.69) is 23.5 Å². The molecule has 0 bridgehead atoms. The van der Waals surface area contributed by atoms with E-state index < -0.39 is 5.60 Å². The van der Waals surface area contributed by atoms with Gasteiger partial charge in [0, 0.05) is 19.1 Å². The molecule has 1 aromatic rings. The molecule has 1 aliphatic carbocycles. The van der Waals surface area contributed by atoms with Gasteiger partial charge in [-0.25, -0.2) is 4.79 Å². The van der Waals surface area contributed by atoms with E-state index in [0.29, 0.717) is 25.0 Å². The minimum absolute atomic E-state index is 0.149. The van der Waals surface area contributed by atoms with Crippen LogP contribution in [0.15, 0.2) is 18.2 Å². The van der Waals surface area contributed by atoms with Gasteiger partial charge in [-0.2, -0.15) is 0 Å². The normalized spacial score (nSPS) is 24.1. The number of nitrogens with two attached hydrogens (primary N) is 1. The summed E-state index contributed by atoms with van der Waals surface area (Å²) in [7, 11) is 0. The molecule has 0 radical (unpaired) electrons. The van der Waals surface area contributed by atoms with Crippen LogP contribution in [-0.4, -0.2) is 46.9 Å². The molecule has 2 aliphatic rings. The highest BCUT2D eigenvalue weighted by atomic mass is 16.6. The molecular weight excluding hydrogens is 354 g/mol. The molecule has 0 unspecified atom stereocenters. The zero-order valence-corrected chi connectivity index (χ0v) is 17.4. The predicted molar refractivity (Wildman–Crippen MR) is 113 cm³/mol. The summed E-state index contributed by atoms with van der Waals surface area (Å²) < 4.78 is 5.47. The first-order chi connectivity index (χ1) is 13.2. The van der Waals surface area contributed by atoms with Crippen LogP contribution in [0.25, 0.3) is 0 Å². The summed E-state index contributed by atoms with van der Waals surface area (Å²) in [5.41, 5.74) is 8.86. The third-order valence-corrected chi connectivity index (χ3v) is 5.75. The summed E-state index contributed by atoms with van der Waals surface area (Å²) in [5.74, 6) is 0.417. The standard InChI is InChI=1S/C22H35N3O3/c1-22(2,3)28-21(27)25-12-10-15(11-13-25)16-4-9-20(19(23)14-16)24-17-5-7-18(26)8-6-17/h4,9,14-15,17-18,24,26H,5-8,10-13,23H2,1-3H3/t17-,18+. The molecule has 1 saturated carbocycles. The number of aliphatic hydroxyl groups is 1. The highest BCUT2D eigenvalue weighted by Gasteiger charge is 2.28. The molecule has 6 nitrogen and oxygen atoms in total. The quantitative estimate of drug-likeness (QED) is 0.678. The van der Waals surface area contributed by atoms with Crippen molar-refractivity contribution in [2.45, 2.75) is 83.0 Å². The van der Waals surface area contributed by atoms with Gasteiger partial charge in [-0.3, -0.25) is 0 Å². The number of hydrogen-bond acceptors (Lipinski definition) is 5. The van der Waals surface area contributed by atoms with Crippen molar-refractivity contribution in [3.8, 4) is 0 Å². The molecule has 156 valence electrons. The lowest BCUT2D eigenvalue weighted by Gasteiger charge is -2.34. The summed E-state index contributed by atoms with van der Waals surface area (Å²) in [6.45, 7) is 7.11. The van der Waals surface area contributed by atoms with Crippen molar-refractivity contribution in [3.63, 3.8) is 0 Å². The zero-order valence-electron chi connectivity index (χ0n) is 17.4. The molecule has 1 amide bonds. The molecule has 0 atom stereocenters. The molecule has 3 rings (SSSR count). The Morgan fingerprint density at radius 1 is 1.14 bits per heavy atom. The summed E-state index contributed by atoms with van der Waals surface area (Å²) in [6, 6.07) is 6.70. The van der Waals surface area contributed by atoms with Crippen molar-refractivity contribution in [3.05, 3.63) is 23.8 Å². The van der Waals surface area contributed by atoms with E-state index in [1.165, 1.54) is 5.56 Å². The molecule has 2 fully saturated rings. The second-order valence-electron chi connectivity index (χ2n) is 9.24. The number of rotatable bonds is 3. The lowest BCUT2D eigenvalue weighted by Crippen LogP contribution is -2.41.